The number of nitrogens with one attached hydrogen (secondary N) is 1. The first-order chi connectivity index (χ1) is 13.7. The van der Waals surface area contributed by atoms with Crippen molar-refractivity contribution in [3.05, 3.63) is 65.2 Å². The predicted molar refractivity (Wildman–Crippen MR) is 120 cm³/mol. The summed E-state index contributed by atoms with van der Waals surface area (Å²) in [6.07, 6.45) is 0. The minimum absolute atomic E-state index is 0.597. The van der Waals surface area contributed by atoms with E-state index in [9.17, 15) is 4.21 Å². The Labute approximate surface area is 174 Å². The van der Waals surface area contributed by atoms with Gasteiger partial charge in [-0.3, -0.25) is 9.20 Å². The van der Waals surface area contributed by atoms with Crippen LogP contribution in [0.4, 0.5) is 5.69 Å². The average Bonchev–Trinajstić information content (AvgIpc) is 2.72. The summed E-state index contributed by atoms with van der Waals surface area (Å²) in [6, 6.07) is 18.0. The van der Waals surface area contributed by atoms with E-state index in [1.54, 1.807) is 7.05 Å². The van der Waals surface area contributed by atoms with Gasteiger partial charge in [0, 0.05) is 72.8 Å². The number of nitrogens with zero attached hydrogens (tertiary/aromatic N) is 3. The van der Waals surface area contributed by atoms with Gasteiger partial charge < -0.3 is 15.1 Å². The molecule has 1 N–H and O–H groups in total. The summed E-state index contributed by atoms with van der Waals surface area (Å²) in [5.74, 6) is 2.08. The van der Waals surface area contributed by atoms with E-state index in [4.69, 9.17) is 11.6 Å². The molecule has 0 amide bonds. The Morgan fingerprint density at radius 3 is 2.54 bits per heavy atom. The van der Waals surface area contributed by atoms with Gasteiger partial charge in [0.15, 0.2) is 5.96 Å². The second kappa shape index (κ2) is 10.5. The van der Waals surface area contributed by atoms with Gasteiger partial charge in [0.2, 0.25) is 0 Å². The molecule has 7 heteroatoms. The zero-order valence-corrected chi connectivity index (χ0v) is 17.8. The Balaban J connectivity index is 1.43. The van der Waals surface area contributed by atoms with Crippen molar-refractivity contribution in [2.75, 3.05) is 50.4 Å². The highest BCUT2D eigenvalue weighted by Crippen LogP contribution is 2.20. The monoisotopic (exact) mass is 418 g/mol. The second-order valence-corrected chi connectivity index (χ2v) is 8.71. The van der Waals surface area contributed by atoms with Crippen LogP contribution in [0, 0.1) is 0 Å². The molecule has 0 aliphatic carbocycles. The zero-order valence-electron chi connectivity index (χ0n) is 16.2. The van der Waals surface area contributed by atoms with E-state index in [2.05, 4.69) is 26.2 Å². The molecular weight excluding hydrogens is 392 g/mol. The Morgan fingerprint density at radius 1 is 1.11 bits per heavy atom. The lowest BCUT2D eigenvalue weighted by Crippen LogP contribution is -2.53. The fourth-order valence-corrected chi connectivity index (χ4v) is 4.51. The van der Waals surface area contributed by atoms with Crippen LogP contribution in [0.15, 0.2) is 59.6 Å². The third kappa shape index (κ3) is 5.97. The van der Waals surface area contributed by atoms with Gasteiger partial charge in [-0.2, -0.15) is 0 Å². The van der Waals surface area contributed by atoms with Crippen molar-refractivity contribution in [1.82, 2.24) is 10.2 Å². The predicted octanol–water partition coefficient (Wildman–Crippen LogP) is 2.99. The smallest absolute Gasteiger partial charge is 0.193 e. The van der Waals surface area contributed by atoms with Crippen LogP contribution in [-0.4, -0.2) is 60.6 Å². The normalized spacial score (nSPS) is 16.1. The van der Waals surface area contributed by atoms with Crippen molar-refractivity contribution in [2.45, 2.75) is 5.75 Å². The number of hydrogen-bond donors (Lipinski definition) is 1. The fraction of sp³-hybridized carbons (Fsp3) is 0.381. The molecule has 0 aromatic heterocycles. The molecule has 1 heterocycles. The number of rotatable bonds is 6. The standard InChI is InChI=1S/C21H27ClN4OS/c1-23-21(24-10-15-28(27)17-18-6-3-2-4-7-18)26-13-11-25(12-14-26)20-9-5-8-19(22)16-20/h2-9,16H,10-15,17H2,1H3,(H,23,24). The van der Waals surface area contributed by atoms with Crippen LogP contribution in [0.25, 0.3) is 0 Å². The number of halogens is 1. The summed E-state index contributed by atoms with van der Waals surface area (Å²) >= 11 is 6.11. The third-order valence-electron chi connectivity index (χ3n) is 4.75. The van der Waals surface area contributed by atoms with Gasteiger partial charge in [0.05, 0.1) is 0 Å². The molecule has 0 bridgehead atoms. The third-order valence-corrected chi connectivity index (χ3v) is 6.30. The highest BCUT2D eigenvalue weighted by molar-refractivity contribution is 7.84. The topological polar surface area (TPSA) is 47.9 Å². The van der Waals surface area contributed by atoms with Crippen molar-refractivity contribution in [1.29, 1.82) is 0 Å². The number of aliphatic imine (C=N–C) groups is 1. The summed E-state index contributed by atoms with van der Waals surface area (Å²) in [7, 11) is 0.914. The SMILES string of the molecule is CN=C(NCCS(=O)Cc1ccccc1)N1CCN(c2cccc(Cl)c2)CC1. The van der Waals surface area contributed by atoms with Crippen LogP contribution in [0.5, 0.6) is 0 Å². The van der Waals surface area contributed by atoms with E-state index in [1.807, 2.05) is 48.5 Å². The van der Waals surface area contributed by atoms with Crippen LogP contribution < -0.4 is 10.2 Å². The molecule has 3 rings (SSSR count). The van der Waals surface area contributed by atoms with Crippen LogP contribution in [0.3, 0.4) is 0 Å². The molecule has 150 valence electrons. The maximum atomic E-state index is 12.3. The first-order valence-corrected chi connectivity index (χ1v) is 11.4. The lowest BCUT2D eigenvalue weighted by Gasteiger charge is -2.37. The summed E-state index contributed by atoms with van der Waals surface area (Å²) in [6.45, 7) is 4.27. The molecule has 1 fully saturated rings. The van der Waals surface area contributed by atoms with Crippen molar-refractivity contribution >= 4 is 34.0 Å². The van der Waals surface area contributed by atoms with Gasteiger partial charge in [-0.25, -0.2) is 0 Å². The van der Waals surface area contributed by atoms with E-state index in [-0.39, 0.29) is 0 Å². The molecule has 1 unspecified atom stereocenters. The maximum Gasteiger partial charge on any atom is 0.193 e. The van der Waals surface area contributed by atoms with Gasteiger partial charge in [-0.05, 0) is 23.8 Å². The maximum absolute atomic E-state index is 12.3. The Hall–Kier alpha value is -2.05. The molecule has 1 aliphatic heterocycles. The average molecular weight is 419 g/mol. The van der Waals surface area contributed by atoms with E-state index in [1.165, 1.54) is 0 Å². The van der Waals surface area contributed by atoms with Crippen molar-refractivity contribution in [3.63, 3.8) is 0 Å². The highest BCUT2D eigenvalue weighted by Gasteiger charge is 2.20. The quantitative estimate of drug-likeness (QED) is 0.578. The molecule has 1 saturated heterocycles. The number of benzene rings is 2. The van der Waals surface area contributed by atoms with Crippen LogP contribution in [0.2, 0.25) is 5.02 Å². The molecule has 0 saturated carbocycles. The lowest BCUT2D eigenvalue weighted by molar-refractivity contribution is 0.373. The summed E-state index contributed by atoms with van der Waals surface area (Å²) in [4.78, 5) is 8.99. The number of guanidine groups is 1. The number of anilines is 1. The number of hydrogen-bond acceptors (Lipinski definition) is 3. The molecule has 2 aromatic rings. The van der Waals surface area contributed by atoms with Crippen LogP contribution in [0.1, 0.15) is 5.56 Å². The first kappa shape index (κ1) is 20.7. The minimum atomic E-state index is -0.884. The molecule has 28 heavy (non-hydrogen) atoms. The summed E-state index contributed by atoms with van der Waals surface area (Å²) in [5, 5.41) is 4.13. The number of piperazine rings is 1. The highest BCUT2D eigenvalue weighted by atomic mass is 35.5. The van der Waals surface area contributed by atoms with Crippen LogP contribution in [-0.2, 0) is 16.6 Å². The first-order valence-electron chi connectivity index (χ1n) is 9.51. The molecular formula is C21H27ClN4OS. The zero-order chi connectivity index (χ0) is 19.8. The largest absolute Gasteiger partial charge is 0.368 e. The molecule has 2 aromatic carbocycles. The minimum Gasteiger partial charge on any atom is -0.368 e. The lowest BCUT2D eigenvalue weighted by atomic mass is 10.2. The summed E-state index contributed by atoms with van der Waals surface area (Å²) in [5.41, 5.74) is 2.27. The van der Waals surface area contributed by atoms with Gasteiger partial charge in [-0.1, -0.05) is 48.0 Å². The summed E-state index contributed by atoms with van der Waals surface area (Å²) < 4.78 is 12.3. The Morgan fingerprint density at radius 2 is 1.86 bits per heavy atom. The van der Waals surface area contributed by atoms with E-state index >= 15 is 0 Å². The van der Waals surface area contributed by atoms with Gasteiger partial charge >= 0.3 is 0 Å². The molecule has 5 nitrogen and oxygen atoms in total. The molecule has 0 spiro atoms. The fourth-order valence-electron chi connectivity index (χ4n) is 3.29. The van der Waals surface area contributed by atoms with E-state index in [0.717, 1.165) is 48.4 Å². The second-order valence-electron chi connectivity index (χ2n) is 6.70. The Bertz CT molecular complexity index is 807. The van der Waals surface area contributed by atoms with Gasteiger partial charge in [0.25, 0.3) is 0 Å². The Kier molecular flexibility index (Phi) is 7.74. The molecule has 1 aliphatic rings. The van der Waals surface area contributed by atoms with Gasteiger partial charge in [-0.15, -0.1) is 0 Å². The van der Waals surface area contributed by atoms with Crippen LogP contribution >= 0.6 is 11.6 Å². The molecule has 1 atom stereocenters. The van der Waals surface area contributed by atoms with Gasteiger partial charge in [0.1, 0.15) is 0 Å². The molecule has 0 radical (unpaired) electrons. The van der Waals surface area contributed by atoms with E-state index < -0.39 is 10.8 Å². The van der Waals surface area contributed by atoms with E-state index in [0.29, 0.717) is 18.1 Å². The van der Waals surface area contributed by atoms with Crippen molar-refractivity contribution in [2.24, 2.45) is 4.99 Å². The van der Waals surface area contributed by atoms with Crippen molar-refractivity contribution in [3.8, 4) is 0 Å². The van der Waals surface area contributed by atoms with Crippen molar-refractivity contribution < 1.29 is 4.21 Å².